The highest BCUT2D eigenvalue weighted by molar-refractivity contribution is 6.01. The van der Waals surface area contributed by atoms with Gasteiger partial charge in [0.15, 0.2) is 11.7 Å². The molecule has 2 saturated carbocycles. The van der Waals surface area contributed by atoms with E-state index in [0.717, 1.165) is 5.56 Å². The molecule has 6 bridgehead atoms. The number of carbonyl (C=O) groups is 3. The minimum absolute atomic E-state index is 0.0359. The number of allylic oxidation sites excluding steroid dienone is 2. The third kappa shape index (κ3) is 5.40. The van der Waals surface area contributed by atoms with Gasteiger partial charge in [-0.05, 0) is 60.6 Å². The molecular formula is C45H55N3O7. The van der Waals surface area contributed by atoms with Crippen LogP contribution in [0.2, 0.25) is 0 Å². The average Bonchev–Trinajstić information content (AvgIpc) is 3.29. The van der Waals surface area contributed by atoms with E-state index in [0.29, 0.717) is 36.8 Å². The number of benzene rings is 1. The lowest BCUT2D eigenvalue weighted by molar-refractivity contribution is -0.155. The van der Waals surface area contributed by atoms with Crippen LogP contribution in [0.3, 0.4) is 0 Å². The van der Waals surface area contributed by atoms with Gasteiger partial charge in [-0.25, -0.2) is 9.79 Å². The van der Waals surface area contributed by atoms with Gasteiger partial charge in [-0.3, -0.25) is 9.59 Å². The van der Waals surface area contributed by atoms with Gasteiger partial charge in [-0.1, -0.05) is 82.3 Å². The fourth-order valence-electron chi connectivity index (χ4n) is 13.1. The first-order chi connectivity index (χ1) is 25.9. The monoisotopic (exact) mass is 749 g/mol. The molecule has 13 atom stereocenters. The average molecular weight is 750 g/mol. The molecule has 10 heteroatoms. The lowest BCUT2D eigenvalue weighted by atomic mass is 9.37. The van der Waals surface area contributed by atoms with E-state index in [2.05, 4.69) is 23.8 Å². The van der Waals surface area contributed by atoms with Crippen molar-refractivity contribution >= 4 is 29.6 Å². The van der Waals surface area contributed by atoms with Crippen LogP contribution in [0, 0.1) is 62.6 Å². The molecule has 0 aliphatic heterocycles. The minimum atomic E-state index is -1.28. The van der Waals surface area contributed by atoms with Crippen molar-refractivity contribution in [3.63, 3.8) is 0 Å². The largest absolute Gasteiger partial charge is 0.478 e. The van der Waals surface area contributed by atoms with Crippen LogP contribution in [-0.2, 0) is 14.4 Å². The summed E-state index contributed by atoms with van der Waals surface area (Å²) >= 11 is 0. The van der Waals surface area contributed by atoms with Crippen molar-refractivity contribution in [3.05, 3.63) is 76.9 Å². The van der Waals surface area contributed by atoms with E-state index in [9.17, 15) is 30.0 Å². The van der Waals surface area contributed by atoms with Crippen molar-refractivity contribution in [1.29, 1.82) is 0 Å². The molecule has 8 N–H and O–H groups in total. The highest BCUT2D eigenvalue weighted by Crippen LogP contribution is 2.78. The van der Waals surface area contributed by atoms with Gasteiger partial charge in [0.05, 0.1) is 24.4 Å². The Kier molecular flexibility index (Phi) is 9.51. The zero-order valence-electron chi connectivity index (χ0n) is 32.5. The molecular weight excluding hydrogens is 695 g/mol. The minimum Gasteiger partial charge on any atom is -0.478 e. The first-order valence-corrected chi connectivity index (χ1v) is 19.6. The second kappa shape index (κ2) is 13.4. The van der Waals surface area contributed by atoms with Gasteiger partial charge in [-0.2, -0.15) is 0 Å². The number of hydrogen-bond donors (Lipinski definition) is 6. The fourth-order valence-corrected chi connectivity index (χ4v) is 13.1. The number of aliphatic carboxylic acids is 1. The Bertz CT molecular complexity index is 2020. The van der Waals surface area contributed by atoms with Crippen LogP contribution >= 0.6 is 0 Å². The van der Waals surface area contributed by atoms with E-state index in [4.69, 9.17) is 11.5 Å². The van der Waals surface area contributed by atoms with Gasteiger partial charge in [0.2, 0.25) is 0 Å². The van der Waals surface area contributed by atoms with Gasteiger partial charge in [0.25, 0.3) is 0 Å². The van der Waals surface area contributed by atoms with E-state index in [1.54, 1.807) is 0 Å². The Balaban J connectivity index is 1.49. The summed E-state index contributed by atoms with van der Waals surface area (Å²) in [6.07, 6.45) is 7.71. The number of aliphatic hydroxyl groups is 3. The Morgan fingerprint density at radius 1 is 1.05 bits per heavy atom. The number of Topliss-reactive ketones (excluding diaryl/α,β-unsaturated/α-hetero) is 2. The fraction of sp³-hybridized carbons (Fsp3) is 0.556. The smallest absolute Gasteiger partial charge is 0.331 e. The summed E-state index contributed by atoms with van der Waals surface area (Å²) in [7, 11) is 0. The lowest BCUT2D eigenvalue weighted by Gasteiger charge is -2.65. The second-order valence-electron chi connectivity index (χ2n) is 17.9. The number of guanidine groups is 1. The maximum absolute atomic E-state index is 15.3. The van der Waals surface area contributed by atoms with E-state index in [1.165, 1.54) is 13.0 Å². The number of carboxylic acid groups (broad SMARTS) is 1. The molecule has 1 aromatic carbocycles. The van der Waals surface area contributed by atoms with Crippen LogP contribution in [0.5, 0.6) is 0 Å². The number of rotatable bonds is 6. The molecule has 6 aliphatic rings. The molecule has 0 saturated heterocycles. The quantitative estimate of drug-likeness (QED) is 0.0783. The molecule has 6 aliphatic carbocycles. The van der Waals surface area contributed by atoms with Gasteiger partial charge < -0.3 is 31.9 Å². The number of aliphatic imine (C=N–C) groups is 1. The molecule has 0 aromatic heterocycles. The summed E-state index contributed by atoms with van der Waals surface area (Å²) in [5, 5.41) is 47.5. The van der Waals surface area contributed by atoms with Crippen molar-refractivity contribution in [3.8, 4) is 11.8 Å². The maximum Gasteiger partial charge on any atom is 0.331 e. The molecule has 1 aromatic rings. The third-order valence-electron chi connectivity index (χ3n) is 15.5. The van der Waals surface area contributed by atoms with E-state index >= 15 is 4.79 Å². The third-order valence-corrected chi connectivity index (χ3v) is 15.5. The van der Waals surface area contributed by atoms with Crippen LogP contribution in [0.1, 0.15) is 85.1 Å². The molecule has 2 spiro atoms. The number of carbonyl (C=O) groups excluding carboxylic acids is 2. The maximum atomic E-state index is 15.3. The molecule has 0 amide bonds. The van der Waals surface area contributed by atoms with Crippen molar-refractivity contribution in [2.75, 3.05) is 0 Å². The van der Waals surface area contributed by atoms with Crippen molar-refractivity contribution in [2.24, 2.45) is 67.2 Å². The van der Waals surface area contributed by atoms with E-state index in [-0.39, 0.29) is 42.4 Å². The first kappa shape index (κ1) is 39.0. The summed E-state index contributed by atoms with van der Waals surface area (Å²) in [6, 6.07) is 9.09. The molecule has 0 heterocycles. The summed E-state index contributed by atoms with van der Waals surface area (Å²) in [5.41, 5.74) is 9.04. The number of aliphatic hydroxyl groups excluding tert-OH is 3. The summed E-state index contributed by atoms with van der Waals surface area (Å²) in [4.78, 5) is 45.7. The highest BCUT2D eigenvalue weighted by Gasteiger charge is 2.77. The van der Waals surface area contributed by atoms with E-state index < -0.39 is 81.1 Å². The number of carboxylic acids is 1. The Hall–Kier alpha value is -4.30. The topological polar surface area (TPSA) is 197 Å². The summed E-state index contributed by atoms with van der Waals surface area (Å²) in [6.45, 7) is 9.48. The van der Waals surface area contributed by atoms with Gasteiger partial charge in [0.1, 0.15) is 5.78 Å². The summed E-state index contributed by atoms with van der Waals surface area (Å²) in [5.74, 6) is 3.16. The van der Waals surface area contributed by atoms with Crippen LogP contribution < -0.4 is 11.5 Å². The Morgan fingerprint density at radius 3 is 2.44 bits per heavy atom. The van der Waals surface area contributed by atoms with Crippen molar-refractivity contribution in [2.45, 2.75) is 104 Å². The second-order valence-corrected chi connectivity index (χ2v) is 17.9. The molecule has 7 rings (SSSR count). The van der Waals surface area contributed by atoms with Gasteiger partial charge in [0, 0.05) is 70.3 Å². The van der Waals surface area contributed by atoms with Crippen LogP contribution in [0.15, 0.2) is 76.3 Å². The number of nitrogens with two attached hydrogens (primary N) is 2. The SMILES string of the molecule is C/C(=C\[C@@H](O)[C@@H]1[C@@H](N=C(N)N)C=C[C@@]2(C[C@H](O)[C@@]34CCC#CC[C@]5(C)C(=O)CC[C@]6(C)C(=C3[C@H](O)[C@@H](/C=C/c3ccccc3)[C@H]56)C(=O)C[C@]24C)[C@@H]1C)C(=O)O. The van der Waals surface area contributed by atoms with Gasteiger partial charge >= 0.3 is 5.97 Å². The number of ketones is 2. The van der Waals surface area contributed by atoms with Crippen LogP contribution in [-0.4, -0.2) is 68.3 Å². The van der Waals surface area contributed by atoms with E-state index in [1.807, 2.05) is 75.4 Å². The normalized spacial score (nSPS) is 42.8. The molecule has 0 radical (unpaired) electrons. The molecule has 292 valence electrons. The number of nitrogens with zero attached hydrogens (tertiary/aromatic N) is 1. The Morgan fingerprint density at radius 2 is 1.76 bits per heavy atom. The van der Waals surface area contributed by atoms with Crippen LogP contribution in [0.4, 0.5) is 0 Å². The standard InChI is InChI=1S/C45H55N3O7/c1-25(39(54)55)22-30(49)34-26(2)44(21-16-29(34)48-40(46)47)24-33(52)45-19-11-7-10-18-41(3)32(51)17-20-42(4)35(31(50)23-43(44,45)5)36(45)37(53)28(38(41)42)15-14-27-12-8-6-9-13-27/h6,8-9,12-16,21-22,26,28-30,33-34,37-38,49,52-53H,11,17-20,23-24H2,1-5H3,(H,54,55)(H4,46,47,48)/b15-14+,25-22+/t26-,28-,29+,30-,33+,34+,37-,38-,41-,42-,43-,44-,45+/m1/s1. The predicted molar refractivity (Wildman–Crippen MR) is 210 cm³/mol. The number of fused-ring (bicyclic) bond motifs is 1. The van der Waals surface area contributed by atoms with Crippen LogP contribution in [0.25, 0.3) is 6.08 Å². The number of hydrogen-bond acceptors (Lipinski definition) is 7. The molecule has 0 unspecified atom stereocenters. The Labute approximate surface area is 323 Å². The predicted octanol–water partition coefficient (Wildman–Crippen LogP) is 4.74. The summed E-state index contributed by atoms with van der Waals surface area (Å²) < 4.78 is 0. The van der Waals surface area contributed by atoms with Crippen molar-refractivity contribution < 1.29 is 34.8 Å². The van der Waals surface area contributed by atoms with Crippen molar-refractivity contribution in [1.82, 2.24) is 0 Å². The van der Waals surface area contributed by atoms with Gasteiger partial charge in [-0.15, -0.1) is 11.8 Å². The highest BCUT2D eigenvalue weighted by atomic mass is 16.4. The zero-order chi connectivity index (χ0) is 39.9. The molecule has 55 heavy (non-hydrogen) atoms. The molecule has 10 nitrogen and oxygen atoms in total. The first-order valence-electron chi connectivity index (χ1n) is 19.6. The zero-order valence-corrected chi connectivity index (χ0v) is 32.5. The lowest BCUT2D eigenvalue weighted by Crippen LogP contribution is -2.65. The molecule has 2 fully saturated rings.